The lowest BCUT2D eigenvalue weighted by Crippen LogP contribution is -2.38. The molecule has 0 fully saturated rings. The van der Waals surface area contributed by atoms with E-state index in [1.165, 1.54) is 16.2 Å². The quantitative estimate of drug-likeness (QED) is 0.701. The lowest BCUT2D eigenvalue weighted by Gasteiger charge is -2.15. The van der Waals surface area contributed by atoms with Crippen molar-refractivity contribution in [2.75, 3.05) is 37.7 Å². The Balaban J connectivity index is 2.73. The van der Waals surface area contributed by atoms with Gasteiger partial charge in [-0.3, -0.25) is 9.59 Å². The van der Waals surface area contributed by atoms with Crippen LogP contribution in [0.25, 0.3) is 0 Å². The van der Waals surface area contributed by atoms with E-state index in [1.54, 1.807) is 7.05 Å². The number of anilines is 2. The first-order valence-electron chi connectivity index (χ1n) is 6.01. The Hall–Kier alpha value is -1.83. The maximum Gasteiger partial charge on any atom is 0.268 e. The monoisotopic (exact) mass is 285 g/mol. The van der Waals surface area contributed by atoms with E-state index in [4.69, 9.17) is 5.73 Å². The van der Waals surface area contributed by atoms with Crippen LogP contribution in [0.4, 0.5) is 10.9 Å². The van der Waals surface area contributed by atoms with Crippen molar-refractivity contribution in [1.29, 1.82) is 0 Å². The van der Waals surface area contributed by atoms with Crippen molar-refractivity contribution in [1.82, 2.24) is 15.2 Å². The molecule has 0 saturated heterocycles. The number of hydrogen-bond acceptors (Lipinski definition) is 6. The molecule has 19 heavy (non-hydrogen) atoms. The summed E-state index contributed by atoms with van der Waals surface area (Å²) in [6.45, 7) is 4.99. The second-order valence-electron chi connectivity index (χ2n) is 3.88. The van der Waals surface area contributed by atoms with Crippen molar-refractivity contribution >= 4 is 34.1 Å². The number of nitrogens with two attached hydrogens (primary N) is 1. The minimum Gasteiger partial charge on any atom is -0.382 e. The molecule has 7 nitrogen and oxygen atoms in total. The highest BCUT2D eigenvalue weighted by atomic mass is 32.1. The SMILES string of the molecule is CCNC(=O)CN(C)C(=O)c1sc(NCC)nc1N. The van der Waals surface area contributed by atoms with E-state index in [0.717, 1.165) is 0 Å². The lowest BCUT2D eigenvalue weighted by molar-refractivity contribution is -0.121. The summed E-state index contributed by atoms with van der Waals surface area (Å²) >= 11 is 1.19. The Bertz CT molecular complexity index is 460. The average molecular weight is 285 g/mol. The molecular weight excluding hydrogens is 266 g/mol. The zero-order valence-electron chi connectivity index (χ0n) is 11.3. The molecule has 2 amide bonds. The van der Waals surface area contributed by atoms with Crippen molar-refractivity contribution in [2.45, 2.75) is 13.8 Å². The maximum atomic E-state index is 12.1. The predicted molar refractivity (Wildman–Crippen MR) is 76.3 cm³/mol. The van der Waals surface area contributed by atoms with Crippen LogP contribution in [-0.4, -0.2) is 48.4 Å². The summed E-state index contributed by atoms with van der Waals surface area (Å²) in [5.41, 5.74) is 5.71. The molecule has 0 aliphatic rings. The Kier molecular flexibility index (Phi) is 5.56. The topological polar surface area (TPSA) is 100 Å². The standard InChI is InChI=1S/C11H19N5O2S/c1-4-13-7(17)6-16(3)10(18)8-9(12)15-11(19-8)14-5-2/h4-6,12H2,1-3H3,(H,13,17)(H,14,15). The van der Waals surface area contributed by atoms with Gasteiger partial charge in [0.1, 0.15) is 10.7 Å². The van der Waals surface area contributed by atoms with Crippen molar-refractivity contribution in [2.24, 2.45) is 0 Å². The molecule has 1 heterocycles. The van der Waals surface area contributed by atoms with Crippen LogP contribution in [0.1, 0.15) is 23.5 Å². The molecule has 0 radical (unpaired) electrons. The van der Waals surface area contributed by atoms with Crippen molar-refractivity contribution < 1.29 is 9.59 Å². The number of hydrogen-bond donors (Lipinski definition) is 3. The molecule has 1 aromatic rings. The predicted octanol–water partition coefficient (Wildman–Crippen LogP) is 0.365. The van der Waals surface area contributed by atoms with Gasteiger partial charge in [0.15, 0.2) is 5.13 Å². The molecule has 0 spiro atoms. The summed E-state index contributed by atoms with van der Waals surface area (Å²) in [5.74, 6) is -0.313. The highest BCUT2D eigenvalue weighted by Gasteiger charge is 2.21. The minimum absolute atomic E-state index is 0.000549. The number of nitrogen functional groups attached to an aromatic ring is 1. The van der Waals surface area contributed by atoms with E-state index < -0.39 is 0 Å². The number of amides is 2. The normalized spacial score (nSPS) is 10.1. The van der Waals surface area contributed by atoms with Gasteiger partial charge in [-0.25, -0.2) is 4.98 Å². The van der Waals surface area contributed by atoms with Crippen LogP contribution in [0.2, 0.25) is 0 Å². The summed E-state index contributed by atoms with van der Waals surface area (Å²) in [5, 5.41) is 6.24. The molecule has 0 atom stereocenters. The first-order valence-corrected chi connectivity index (χ1v) is 6.83. The van der Waals surface area contributed by atoms with Gasteiger partial charge in [-0.15, -0.1) is 0 Å². The smallest absolute Gasteiger partial charge is 0.268 e. The summed E-state index contributed by atoms with van der Waals surface area (Å²) in [4.78, 5) is 29.3. The lowest BCUT2D eigenvalue weighted by atomic mass is 10.4. The molecular formula is C11H19N5O2S. The number of thiazole rings is 1. The number of carbonyl (C=O) groups excluding carboxylic acids is 2. The largest absolute Gasteiger partial charge is 0.382 e. The Morgan fingerprint density at radius 2 is 2.05 bits per heavy atom. The summed E-state index contributed by atoms with van der Waals surface area (Å²) in [6.07, 6.45) is 0. The first kappa shape index (κ1) is 15.2. The average Bonchev–Trinajstić information content (AvgIpc) is 2.70. The number of likely N-dealkylation sites (N-methyl/N-ethyl adjacent to an activating group) is 2. The second-order valence-corrected chi connectivity index (χ2v) is 4.88. The van der Waals surface area contributed by atoms with Gasteiger partial charge < -0.3 is 21.3 Å². The highest BCUT2D eigenvalue weighted by molar-refractivity contribution is 7.18. The fourth-order valence-electron chi connectivity index (χ4n) is 1.43. The molecule has 0 saturated carbocycles. The first-order chi connectivity index (χ1) is 8.99. The van der Waals surface area contributed by atoms with Crippen LogP contribution in [0.5, 0.6) is 0 Å². The highest BCUT2D eigenvalue weighted by Crippen LogP contribution is 2.25. The third kappa shape index (κ3) is 4.09. The molecule has 0 aliphatic heterocycles. The van der Waals surface area contributed by atoms with E-state index in [0.29, 0.717) is 23.1 Å². The zero-order valence-corrected chi connectivity index (χ0v) is 12.1. The van der Waals surface area contributed by atoms with Crippen molar-refractivity contribution in [3.05, 3.63) is 4.88 Å². The van der Waals surface area contributed by atoms with Gasteiger partial charge in [0.05, 0.1) is 6.54 Å². The maximum absolute atomic E-state index is 12.1. The number of nitrogens with one attached hydrogen (secondary N) is 2. The molecule has 106 valence electrons. The number of rotatable bonds is 6. The summed E-state index contributed by atoms with van der Waals surface area (Å²) in [7, 11) is 1.56. The van der Waals surface area contributed by atoms with E-state index >= 15 is 0 Å². The molecule has 0 aromatic carbocycles. The molecule has 8 heteroatoms. The van der Waals surface area contributed by atoms with Gasteiger partial charge in [-0.05, 0) is 13.8 Å². The van der Waals surface area contributed by atoms with E-state index in [9.17, 15) is 9.59 Å². The Morgan fingerprint density at radius 3 is 2.63 bits per heavy atom. The van der Waals surface area contributed by atoms with Crippen molar-refractivity contribution in [3.63, 3.8) is 0 Å². The Labute approximate surface area is 116 Å². The summed E-state index contributed by atoms with van der Waals surface area (Å²) in [6, 6.07) is 0. The zero-order chi connectivity index (χ0) is 14.4. The number of aromatic nitrogens is 1. The molecule has 0 bridgehead atoms. The van der Waals surface area contributed by atoms with Gasteiger partial charge >= 0.3 is 0 Å². The Morgan fingerprint density at radius 1 is 1.37 bits per heavy atom. The third-order valence-electron chi connectivity index (χ3n) is 2.28. The molecule has 0 aliphatic carbocycles. The second kappa shape index (κ2) is 6.93. The van der Waals surface area contributed by atoms with Crippen LogP contribution >= 0.6 is 11.3 Å². The molecule has 1 rings (SSSR count). The van der Waals surface area contributed by atoms with Crippen LogP contribution in [0.3, 0.4) is 0 Å². The number of carbonyl (C=O) groups is 2. The van der Waals surface area contributed by atoms with Crippen LogP contribution in [0, 0.1) is 0 Å². The van der Waals surface area contributed by atoms with Gasteiger partial charge in [0.2, 0.25) is 5.91 Å². The van der Waals surface area contributed by atoms with Gasteiger partial charge in [0.25, 0.3) is 5.91 Å². The molecule has 4 N–H and O–H groups in total. The van der Waals surface area contributed by atoms with Crippen LogP contribution in [-0.2, 0) is 4.79 Å². The minimum atomic E-state index is -0.301. The van der Waals surface area contributed by atoms with Gasteiger partial charge in [0, 0.05) is 20.1 Å². The fraction of sp³-hybridized carbons (Fsp3) is 0.545. The fourth-order valence-corrected chi connectivity index (χ4v) is 2.37. The van der Waals surface area contributed by atoms with E-state index in [2.05, 4.69) is 15.6 Å². The van der Waals surface area contributed by atoms with Gasteiger partial charge in [-0.1, -0.05) is 11.3 Å². The molecule has 1 aromatic heterocycles. The number of nitrogens with zero attached hydrogens (tertiary/aromatic N) is 2. The third-order valence-corrected chi connectivity index (χ3v) is 3.29. The van der Waals surface area contributed by atoms with E-state index in [1.807, 2.05) is 13.8 Å². The van der Waals surface area contributed by atoms with Crippen LogP contribution in [0.15, 0.2) is 0 Å². The molecule has 0 unspecified atom stereocenters. The van der Waals surface area contributed by atoms with E-state index in [-0.39, 0.29) is 24.2 Å². The van der Waals surface area contributed by atoms with Gasteiger partial charge in [-0.2, -0.15) is 0 Å². The summed E-state index contributed by atoms with van der Waals surface area (Å²) < 4.78 is 0. The van der Waals surface area contributed by atoms with Crippen molar-refractivity contribution in [3.8, 4) is 0 Å². The van der Waals surface area contributed by atoms with Crippen LogP contribution < -0.4 is 16.4 Å².